The maximum Gasteiger partial charge on any atom is 0.0473 e. The molecule has 0 spiro atoms. The zero-order valence-electron chi connectivity index (χ0n) is 11.9. The van der Waals surface area contributed by atoms with Gasteiger partial charge in [0, 0.05) is 18.6 Å². The first-order valence-corrected chi connectivity index (χ1v) is 7.19. The van der Waals surface area contributed by atoms with Crippen LogP contribution in [0, 0.1) is 0 Å². The van der Waals surface area contributed by atoms with Crippen molar-refractivity contribution >= 4 is 0 Å². The summed E-state index contributed by atoms with van der Waals surface area (Å²) in [5.74, 6) is 0.792. The van der Waals surface area contributed by atoms with Gasteiger partial charge in [-0.05, 0) is 50.3 Å². The highest BCUT2D eigenvalue weighted by molar-refractivity contribution is 5.35. The minimum absolute atomic E-state index is 0.358. The first kappa shape index (κ1) is 13.6. The Bertz CT molecular complexity index is 384. The second kappa shape index (κ2) is 5.85. The molecule has 0 heterocycles. The summed E-state index contributed by atoms with van der Waals surface area (Å²) < 4.78 is 0. The second-order valence-electron chi connectivity index (χ2n) is 5.58. The van der Waals surface area contributed by atoms with Crippen LogP contribution in [0.5, 0.6) is 0 Å². The van der Waals surface area contributed by atoms with E-state index in [9.17, 15) is 0 Å². The number of hydrogen-bond acceptors (Lipinski definition) is 2. The summed E-state index contributed by atoms with van der Waals surface area (Å²) in [7, 11) is 2.20. The lowest BCUT2D eigenvalue weighted by atomic mass is 9.95. The van der Waals surface area contributed by atoms with E-state index in [1.807, 2.05) is 0 Å². The van der Waals surface area contributed by atoms with E-state index in [-0.39, 0.29) is 0 Å². The monoisotopic (exact) mass is 246 g/mol. The Labute approximate surface area is 111 Å². The largest absolute Gasteiger partial charge is 0.329 e. The van der Waals surface area contributed by atoms with Crippen LogP contribution >= 0.6 is 0 Å². The van der Waals surface area contributed by atoms with Gasteiger partial charge in [-0.2, -0.15) is 0 Å². The average molecular weight is 246 g/mol. The summed E-state index contributed by atoms with van der Waals surface area (Å²) in [5, 5.41) is 0. The lowest BCUT2D eigenvalue weighted by Crippen LogP contribution is -2.37. The molecule has 2 heteroatoms. The van der Waals surface area contributed by atoms with Gasteiger partial charge in [-0.3, -0.25) is 4.90 Å². The van der Waals surface area contributed by atoms with Gasteiger partial charge in [0.15, 0.2) is 0 Å². The maximum absolute atomic E-state index is 6.05. The quantitative estimate of drug-likeness (QED) is 0.834. The van der Waals surface area contributed by atoms with Crippen LogP contribution in [0.15, 0.2) is 24.3 Å². The Balaban J connectivity index is 2.26. The zero-order chi connectivity index (χ0) is 13.1. The van der Waals surface area contributed by atoms with E-state index in [4.69, 9.17) is 5.73 Å². The third kappa shape index (κ3) is 2.76. The highest BCUT2D eigenvalue weighted by atomic mass is 15.2. The average Bonchev–Trinajstić information content (AvgIpc) is 3.23. The van der Waals surface area contributed by atoms with Crippen LogP contribution in [0.4, 0.5) is 0 Å². The van der Waals surface area contributed by atoms with Crippen LogP contribution in [0.3, 0.4) is 0 Å². The lowest BCUT2D eigenvalue weighted by Gasteiger charge is -2.33. The Morgan fingerprint density at radius 2 is 2.00 bits per heavy atom. The Morgan fingerprint density at radius 3 is 2.56 bits per heavy atom. The molecule has 1 saturated carbocycles. The molecule has 18 heavy (non-hydrogen) atoms. The third-order valence-electron chi connectivity index (χ3n) is 4.37. The molecule has 1 aliphatic rings. The van der Waals surface area contributed by atoms with Crippen molar-refractivity contribution in [2.75, 3.05) is 13.6 Å². The predicted molar refractivity (Wildman–Crippen MR) is 77.7 cm³/mol. The molecular formula is C16H26N2. The number of likely N-dealkylation sites (N-methyl/N-ethyl adjacent to an activating group) is 1. The standard InChI is InChI=1S/C16H26N2/c1-4-12(2)18(3)16(11-17)15-8-6-5-7-14(15)13-9-10-13/h5-8,12-13,16H,4,9-11,17H2,1-3H3. The van der Waals surface area contributed by atoms with E-state index in [1.54, 1.807) is 0 Å². The van der Waals surface area contributed by atoms with Crippen molar-refractivity contribution in [2.24, 2.45) is 5.73 Å². The number of nitrogens with zero attached hydrogens (tertiary/aromatic N) is 1. The normalized spacial score (nSPS) is 18.9. The molecule has 0 aliphatic heterocycles. The molecule has 1 aromatic rings. The SMILES string of the molecule is CCC(C)N(C)C(CN)c1ccccc1C1CC1. The Hall–Kier alpha value is -0.860. The van der Waals surface area contributed by atoms with Gasteiger partial charge in [0.1, 0.15) is 0 Å². The van der Waals surface area contributed by atoms with Crippen LogP contribution < -0.4 is 5.73 Å². The Kier molecular flexibility index (Phi) is 4.41. The van der Waals surface area contributed by atoms with Gasteiger partial charge in [0.05, 0.1) is 0 Å². The van der Waals surface area contributed by atoms with Crippen LogP contribution in [0.25, 0.3) is 0 Å². The molecule has 1 aliphatic carbocycles. The van der Waals surface area contributed by atoms with Crippen LogP contribution in [0.1, 0.15) is 56.2 Å². The molecule has 2 atom stereocenters. The molecule has 0 amide bonds. The van der Waals surface area contributed by atoms with Gasteiger partial charge in [-0.1, -0.05) is 31.2 Å². The fraction of sp³-hybridized carbons (Fsp3) is 0.625. The molecule has 0 saturated heterocycles. The maximum atomic E-state index is 6.05. The molecule has 2 unspecified atom stereocenters. The number of benzene rings is 1. The molecule has 2 nitrogen and oxygen atoms in total. The first-order chi connectivity index (χ1) is 8.69. The molecule has 0 aromatic heterocycles. The molecule has 0 radical (unpaired) electrons. The molecule has 2 rings (SSSR count). The van der Waals surface area contributed by atoms with E-state index in [2.05, 4.69) is 50.1 Å². The fourth-order valence-corrected chi connectivity index (χ4v) is 2.69. The molecule has 1 aromatic carbocycles. The lowest BCUT2D eigenvalue weighted by molar-refractivity contribution is 0.184. The zero-order valence-corrected chi connectivity index (χ0v) is 11.9. The van der Waals surface area contributed by atoms with Crippen LogP contribution in [0.2, 0.25) is 0 Å². The summed E-state index contributed by atoms with van der Waals surface area (Å²) in [6, 6.07) is 9.80. The van der Waals surface area contributed by atoms with E-state index >= 15 is 0 Å². The minimum Gasteiger partial charge on any atom is -0.329 e. The fourth-order valence-electron chi connectivity index (χ4n) is 2.69. The third-order valence-corrected chi connectivity index (χ3v) is 4.37. The Morgan fingerprint density at radius 1 is 1.33 bits per heavy atom. The van der Waals surface area contributed by atoms with Crippen molar-refractivity contribution in [3.8, 4) is 0 Å². The molecular weight excluding hydrogens is 220 g/mol. The van der Waals surface area contributed by atoms with E-state index in [1.165, 1.54) is 30.4 Å². The van der Waals surface area contributed by atoms with Crippen LogP contribution in [-0.4, -0.2) is 24.5 Å². The van der Waals surface area contributed by atoms with Crippen LogP contribution in [-0.2, 0) is 0 Å². The van der Waals surface area contributed by atoms with Crippen molar-refractivity contribution in [3.05, 3.63) is 35.4 Å². The summed E-state index contributed by atoms with van der Waals surface area (Å²) in [5.41, 5.74) is 9.03. The van der Waals surface area contributed by atoms with Gasteiger partial charge in [0.2, 0.25) is 0 Å². The highest BCUT2D eigenvalue weighted by Crippen LogP contribution is 2.43. The molecule has 0 bridgehead atoms. The molecule has 1 fully saturated rings. The minimum atomic E-state index is 0.358. The van der Waals surface area contributed by atoms with Crippen molar-refractivity contribution in [1.82, 2.24) is 4.90 Å². The first-order valence-electron chi connectivity index (χ1n) is 7.19. The predicted octanol–water partition coefficient (Wildman–Crippen LogP) is 3.29. The number of rotatable bonds is 6. The topological polar surface area (TPSA) is 29.3 Å². The van der Waals surface area contributed by atoms with Gasteiger partial charge in [-0.15, -0.1) is 0 Å². The summed E-state index contributed by atoms with van der Waals surface area (Å²) >= 11 is 0. The molecule has 100 valence electrons. The van der Waals surface area contributed by atoms with E-state index < -0.39 is 0 Å². The van der Waals surface area contributed by atoms with Crippen molar-refractivity contribution in [2.45, 2.75) is 51.1 Å². The second-order valence-corrected chi connectivity index (χ2v) is 5.58. The summed E-state index contributed by atoms with van der Waals surface area (Å²) in [6.45, 7) is 5.22. The van der Waals surface area contributed by atoms with Crippen molar-refractivity contribution in [3.63, 3.8) is 0 Å². The van der Waals surface area contributed by atoms with Gasteiger partial charge in [0.25, 0.3) is 0 Å². The van der Waals surface area contributed by atoms with Gasteiger partial charge in [-0.25, -0.2) is 0 Å². The smallest absolute Gasteiger partial charge is 0.0473 e. The van der Waals surface area contributed by atoms with Gasteiger partial charge >= 0.3 is 0 Å². The number of nitrogens with two attached hydrogens (primary N) is 1. The molecule has 2 N–H and O–H groups in total. The van der Waals surface area contributed by atoms with Crippen molar-refractivity contribution < 1.29 is 0 Å². The van der Waals surface area contributed by atoms with Gasteiger partial charge < -0.3 is 5.73 Å². The van der Waals surface area contributed by atoms with E-state index in [0.29, 0.717) is 18.6 Å². The van der Waals surface area contributed by atoms with E-state index in [0.717, 1.165) is 5.92 Å². The summed E-state index contributed by atoms with van der Waals surface area (Å²) in [6.07, 6.45) is 3.86. The van der Waals surface area contributed by atoms with Crippen molar-refractivity contribution in [1.29, 1.82) is 0 Å². The summed E-state index contributed by atoms with van der Waals surface area (Å²) in [4.78, 5) is 2.43. The highest BCUT2D eigenvalue weighted by Gasteiger charge is 2.29. The number of hydrogen-bond donors (Lipinski definition) is 1.